The van der Waals surface area contributed by atoms with E-state index >= 15 is 0 Å². The molecule has 0 atom stereocenters. The van der Waals surface area contributed by atoms with Crippen LogP contribution in [0.1, 0.15) is 28.2 Å². The second kappa shape index (κ2) is 3.45. The van der Waals surface area contributed by atoms with Gasteiger partial charge in [0.25, 0.3) is 0 Å². The van der Waals surface area contributed by atoms with Gasteiger partial charge in [0.1, 0.15) is 5.82 Å². The molecule has 2 aromatic rings. The molecule has 1 aromatic carbocycles. The summed E-state index contributed by atoms with van der Waals surface area (Å²) in [5, 5.41) is 3.39. The summed E-state index contributed by atoms with van der Waals surface area (Å²) in [4.78, 5) is 4.82. The topological polar surface area (TPSA) is 29.9 Å². The van der Waals surface area contributed by atoms with Crippen LogP contribution in [0, 0.1) is 13.8 Å². The van der Waals surface area contributed by atoms with Gasteiger partial charge in [-0.2, -0.15) is 0 Å². The van der Waals surface area contributed by atoms with Crippen LogP contribution in [0.5, 0.6) is 0 Å². The van der Waals surface area contributed by atoms with Crippen molar-refractivity contribution in [3.8, 4) is 11.3 Å². The van der Waals surface area contributed by atoms with E-state index in [1.54, 1.807) is 0 Å². The van der Waals surface area contributed by atoms with E-state index in [1.165, 1.54) is 39.5 Å². The molecule has 3 nitrogen and oxygen atoms in total. The number of nitrogens with zero attached hydrogens (tertiary/aromatic N) is 2. The number of nitrogens with one attached hydrogen (secondary N) is 1. The normalized spacial score (nSPS) is 16.3. The van der Waals surface area contributed by atoms with E-state index < -0.39 is 0 Å². The second-order valence-electron chi connectivity index (χ2n) is 5.44. The smallest absolute Gasteiger partial charge is 0.123 e. The van der Waals surface area contributed by atoms with Crippen molar-refractivity contribution >= 4 is 0 Å². The standard InChI is InChI=1S/C15H17N3/c1-9-5-10(2)11-7-13-15(12(11)6-9)18-4-3-16-8-14(18)17-13/h5-6,16H,3-4,7-8H2,1-2H3. The lowest BCUT2D eigenvalue weighted by Gasteiger charge is -2.18. The van der Waals surface area contributed by atoms with Crippen molar-refractivity contribution in [1.82, 2.24) is 14.9 Å². The Kier molecular flexibility index (Phi) is 1.98. The van der Waals surface area contributed by atoms with Gasteiger partial charge in [-0.3, -0.25) is 0 Å². The van der Waals surface area contributed by atoms with Crippen molar-refractivity contribution in [2.24, 2.45) is 0 Å². The van der Waals surface area contributed by atoms with Crippen LogP contribution < -0.4 is 5.32 Å². The molecule has 0 spiro atoms. The minimum Gasteiger partial charge on any atom is -0.325 e. The summed E-state index contributed by atoms with van der Waals surface area (Å²) in [6.07, 6.45) is 1.01. The summed E-state index contributed by atoms with van der Waals surface area (Å²) >= 11 is 0. The molecule has 92 valence electrons. The van der Waals surface area contributed by atoms with E-state index in [0.717, 1.165) is 26.1 Å². The van der Waals surface area contributed by atoms with Crippen molar-refractivity contribution in [1.29, 1.82) is 0 Å². The Morgan fingerprint density at radius 3 is 3.06 bits per heavy atom. The average Bonchev–Trinajstić information content (AvgIpc) is 2.85. The highest BCUT2D eigenvalue weighted by atomic mass is 15.2. The molecule has 0 saturated carbocycles. The number of hydrogen-bond acceptors (Lipinski definition) is 2. The van der Waals surface area contributed by atoms with Crippen LogP contribution in [0.4, 0.5) is 0 Å². The molecule has 3 heteroatoms. The highest BCUT2D eigenvalue weighted by molar-refractivity contribution is 5.75. The molecule has 0 saturated heterocycles. The Morgan fingerprint density at radius 1 is 1.28 bits per heavy atom. The molecule has 1 N–H and O–H groups in total. The number of hydrogen-bond donors (Lipinski definition) is 1. The Balaban J connectivity index is 1.99. The second-order valence-corrected chi connectivity index (χ2v) is 5.44. The van der Waals surface area contributed by atoms with Gasteiger partial charge in [-0.25, -0.2) is 4.98 Å². The van der Waals surface area contributed by atoms with Gasteiger partial charge in [-0.1, -0.05) is 11.6 Å². The van der Waals surface area contributed by atoms with E-state index in [9.17, 15) is 0 Å². The quantitative estimate of drug-likeness (QED) is 0.651. The molecule has 2 heterocycles. The lowest BCUT2D eigenvalue weighted by Crippen LogP contribution is -2.28. The summed E-state index contributed by atoms with van der Waals surface area (Å²) < 4.78 is 2.41. The van der Waals surface area contributed by atoms with Gasteiger partial charge in [0.2, 0.25) is 0 Å². The summed E-state index contributed by atoms with van der Waals surface area (Å²) in [5.74, 6) is 1.20. The molecule has 18 heavy (non-hydrogen) atoms. The zero-order chi connectivity index (χ0) is 12.3. The van der Waals surface area contributed by atoms with Gasteiger partial charge in [0, 0.05) is 25.1 Å². The number of rotatable bonds is 0. The number of imidazole rings is 1. The molecule has 1 aliphatic carbocycles. The van der Waals surface area contributed by atoms with E-state index in [-0.39, 0.29) is 0 Å². The zero-order valence-electron chi connectivity index (χ0n) is 10.9. The summed E-state index contributed by atoms with van der Waals surface area (Å²) in [7, 11) is 0. The van der Waals surface area contributed by atoms with E-state index in [0.29, 0.717) is 0 Å². The third-order valence-corrected chi connectivity index (χ3v) is 4.13. The minimum absolute atomic E-state index is 0.910. The van der Waals surface area contributed by atoms with E-state index in [2.05, 4.69) is 35.9 Å². The highest BCUT2D eigenvalue weighted by Gasteiger charge is 2.28. The number of benzene rings is 1. The Hall–Kier alpha value is -1.61. The molecule has 0 unspecified atom stereocenters. The zero-order valence-corrected chi connectivity index (χ0v) is 10.9. The third kappa shape index (κ3) is 1.25. The van der Waals surface area contributed by atoms with Gasteiger partial charge in [0.15, 0.2) is 0 Å². The maximum absolute atomic E-state index is 4.82. The predicted octanol–water partition coefficient (Wildman–Crippen LogP) is 2.17. The molecule has 1 aromatic heterocycles. The molecule has 0 bridgehead atoms. The average molecular weight is 239 g/mol. The first-order chi connectivity index (χ1) is 8.74. The maximum atomic E-state index is 4.82. The summed E-state index contributed by atoms with van der Waals surface area (Å²) in [5.41, 5.74) is 8.32. The van der Waals surface area contributed by atoms with Gasteiger partial charge >= 0.3 is 0 Å². The largest absolute Gasteiger partial charge is 0.325 e. The summed E-state index contributed by atoms with van der Waals surface area (Å²) in [6.45, 7) is 7.41. The third-order valence-electron chi connectivity index (χ3n) is 4.13. The van der Waals surface area contributed by atoms with Gasteiger partial charge in [-0.15, -0.1) is 0 Å². The summed E-state index contributed by atoms with van der Waals surface area (Å²) in [6, 6.07) is 4.61. The first kappa shape index (κ1) is 10.3. The van der Waals surface area contributed by atoms with E-state index in [1.807, 2.05) is 0 Å². The van der Waals surface area contributed by atoms with Crippen molar-refractivity contribution < 1.29 is 0 Å². The molecular weight excluding hydrogens is 222 g/mol. The van der Waals surface area contributed by atoms with Crippen LogP contribution >= 0.6 is 0 Å². The number of aryl methyl sites for hydroxylation is 2. The fourth-order valence-corrected chi connectivity index (χ4v) is 3.36. The van der Waals surface area contributed by atoms with Crippen LogP contribution in [0.15, 0.2) is 12.1 Å². The van der Waals surface area contributed by atoms with Crippen LogP contribution in [0.3, 0.4) is 0 Å². The molecule has 0 fully saturated rings. The van der Waals surface area contributed by atoms with Crippen LogP contribution in [0.2, 0.25) is 0 Å². The van der Waals surface area contributed by atoms with Crippen LogP contribution in [-0.2, 0) is 19.5 Å². The minimum atomic E-state index is 0.910. The Morgan fingerprint density at radius 2 is 2.17 bits per heavy atom. The highest BCUT2D eigenvalue weighted by Crippen LogP contribution is 2.39. The van der Waals surface area contributed by atoms with Crippen molar-refractivity contribution in [2.75, 3.05) is 6.54 Å². The lowest BCUT2D eigenvalue weighted by atomic mass is 10.0. The molecule has 0 amide bonds. The molecule has 0 radical (unpaired) electrons. The molecule has 1 aliphatic heterocycles. The number of fused-ring (bicyclic) bond motifs is 5. The Labute approximate surface area is 107 Å². The van der Waals surface area contributed by atoms with Gasteiger partial charge in [0.05, 0.1) is 17.9 Å². The number of aromatic nitrogens is 2. The molecule has 4 rings (SSSR count). The van der Waals surface area contributed by atoms with Crippen molar-refractivity contribution in [3.05, 3.63) is 40.3 Å². The lowest BCUT2D eigenvalue weighted by molar-refractivity contribution is 0.508. The molecular formula is C15H17N3. The van der Waals surface area contributed by atoms with Crippen LogP contribution in [0.25, 0.3) is 11.3 Å². The van der Waals surface area contributed by atoms with Crippen molar-refractivity contribution in [2.45, 2.75) is 33.4 Å². The maximum Gasteiger partial charge on any atom is 0.123 e. The van der Waals surface area contributed by atoms with Gasteiger partial charge < -0.3 is 9.88 Å². The predicted molar refractivity (Wildman–Crippen MR) is 71.6 cm³/mol. The molecule has 2 aliphatic rings. The Bertz CT molecular complexity index is 652. The first-order valence-electron chi connectivity index (χ1n) is 6.63. The fourth-order valence-electron chi connectivity index (χ4n) is 3.36. The first-order valence-corrected chi connectivity index (χ1v) is 6.63. The van der Waals surface area contributed by atoms with E-state index in [4.69, 9.17) is 4.98 Å². The van der Waals surface area contributed by atoms with Gasteiger partial charge in [-0.05, 0) is 31.0 Å². The SMILES string of the molecule is Cc1cc(C)c2c(c1)-c1c(nc3n1CCNC3)C2. The monoisotopic (exact) mass is 239 g/mol. The van der Waals surface area contributed by atoms with Crippen molar-refractivity contribution in [3.63, 3.8) is 0 Å². The van der Waals surface area contributed by atoms with Crippen LogP contribution in [-0.4, -0.2) is 16.1 Å². The fraction of sp³-hybridized carbons (Fsp3) is 0.400.